The summed E-state index contributed by atoms with van der Waals surface area (Å²) < 4.78 is 79.6. The number of fused-ring (bicyclic) bond motifs is 2. The van der Waals surface area contributed by atoms with Gasteiger partial charge in [0.05, 0.1) is 11.2 Å². The van der Waals surface area contributed by atoms with Crippen molar-refractivity contribution < 1.29 is 40.7 Å². The number of urea groups is 1. The first-order valence-electron chi connectivity index (χ1n) is 20.9. The molecule has 8 rings (SSSR count). The summed E-state index contributed by atoms with van der Waals surface area (Å²) in [5, 5.41) is 6.06. The number of ketones is 2. The topological polar surface area (TPSA) is 137 Å². The molecule has 4 heterocycles. The van der Waals surface area contributed by atoms with E-state index in [0.717, 1.165) is 56.0 Å². The van der Waals surface area contributed by atoms with Crippen LogP contribution in [0.2, 0.25) is 0 Å². The van der Waals surface area contributed by atoms with Gasteiger partial charge in [0.1, 0.15) is 34.9 Å². The zero-order valence-corrected chi connectivity index (χ0v) is 35.2. The number of rotatable bonds is 5. The van der Waals surface area contributed by atoms with Crippen LogP contribution in [0.15, 0.2) is 60.7 Å². The molecule has 16 heteroatoms. The van der Waals surface area contributed by atoms with Crippen molar-refractivity contribution in [1.82, 2.24) is 15.5 Å². The van der Waals surface area contributed by atoms with Gasteiger partial charge >= 0.3 is 6.03 Å². The molecule has 2 fully saturated rings. The number of hydrogen-bond acceptors (Lipinski definition) is 8. The molecule has 10 nitrogen and oxygen atoms in total. The highest BCUT2D eigenvalue weighted by atomic mass is 19.2. The Labute approximate surface area is 357 Å². The molecular formula is C46H53F6N7O3. The number of aryl methyl sites for hydroxylation is 1. The van der Waals surface area contributed by atoms with Crippen LogP contribution in [0.4, 0.5) is 48.2 Å². The van der Waals surface area contributed by atoms with E-state index in [-0.39, 0.29) is 65.3 Å². The zero-order valence-electron chi connectivity index (χ0n) is 35.2. The number of nitrogens with two attached hydrogens (primary N) is 2. The molecule has 6 N–H and O–H groups in total. The molecule has 4 aliphatic rings. The van der Waals surface area contributed by atoms with E-state index < -0.39 is 34.6 Å². The second-order valence-corrected chi connectivity index (χ2v) is 16.2. The summed E-state index contributed by atoms with van der Waals surface area (Å²) in [5.74, 6) is -3.47. The Bertz CT molecular complexity index is 2310. The molecule has 2 saturated heterocycles. The lowest BCUT2D eigenvalue weighted by molar-refractivity contribution is 0.0882. The predicted molar refractivity (Wildman–Crippen MR) is 227 cm³/mol. The van der Waals surface area contributed by atoms with E-state index in [9.17, 15) is 40.7 Å². The fourth-order valence-electron chi connectivity index (χ4n) is 9.25. The standard InChI is InChI=1S/C24H26F3N3O2.C15H19FN2O.C7H8F2N2/c1-3-30-21-5-4-17(25)11-18(21)22(31)13-24(30)6-8-29(9-7-24)23(32)28-14-16-10-15(2)19(26)12-20(16)27;1-2-18-13-4-3-11(16)9-12(13)14(19)10-15(18)5-7-17-8-6-15;8-5-2-6(9)7(11)1-4(5)3-10/h4-5,10-12H,3,6-9,13-14H2,1-2H3,(H,28,32);3-4,9,17H,2,5-8,10H2,1H3;1-2H,3,10-11H2. The molecule has 0 unspecified atom stereocenters. The number of amides is 2. The number of carbonyl (C=O) groups excluding carboxylic acids is 3. The second kappa shape index (κ2) is 19.2. The Morgan fingerprint density at radius 3 is 1.71 bits per heavy atom. The summed E-state index contributed by atoms with van der Waals surface area (Å²) >= 11 is 0. The minimum Gasteiger partial charge on any atom is -0.396 e. The monoisotopic (exact) mass is 865 g/mol. The van der Waals surface area contributed by atoms with Crippen molar-refractivity contribution in [3.05, 3.63) is 123 Å². The van der Waals surface area contributed by atoms with Crippen LogP contribution in [0.5, 0.6) is 0 Å². The van der Waals surface area contributed by atoms with Crippen molar-refractivity contribution in [2.24, 2.45) is 5.73 Å². The van der Waals surface area contributed by atoms with Crippen molar-refractivity contribution in [2.45, 2.75) is 83.5 Å². The summed E-state index contributed by atoms with van der Waals surface area (Å²) in [6.45, 7) is 9.93. The first kappa shape index (κ1) is 45.9. The number of nitrogen functional groups attached to an aromatic ring is 1. The molecule has 0 aliphatic carbocycles. The molecule has 4 aromatic rings. The maximum absolute atomic E-state index is 14.0. The van der Waals surface area contributed by atoms with Gasteiger partial charge in [0.2, 0.25) is 0 Å². The highest BCUT2D eigenvalue weighted by Crippen LogP contribution is 2.44. The molecule has 332 valence electrons. The Morgan fingerprint density at radius 2 is 1.19 bits per heavy atom. The minimum absolute atomic E-state index is 0.0241. The van der Waals surface area contributed by atoms with Crippen LogP contribution in [-0.4, -0.2) is 72.8 Å². The molecule has 0 bridgehead atoms. The number of anilines is 3. The first-order valence-corrected chi connectivity index (χ1v) is 20.9. The highest BCUT2D eigenvalue weighted by Gasteiger charge is 2.47. The van der Waals surface area contributed by atoms with Gasteiger partial charge in [-0.05, 0) is 114 Å². The molecular weight excluding hydrogens is 813 g/mol. The minimum atomic E-state index is -0.750. The number of likely N-dealkylation sites (tertiary alicyclic amines) is 1. The number of halogens is 6. The molecule has 4 aliphatic heterocycles. The van der Waals surface area contributed by atoms with Gasteiger partial charge in [0.25, 0.3) is 0 Å². The lowest BCUT2D eigenvalue weighted by Crippen LogP contribution is -2.60. The Hall–Kier alpha value is -5.61. The van der Waals surface area contributed by atoms with Gasteiger partial charge in [0.15, 0.2) is 11.6 Å². The predicted octanol–water partition coefficient (Wildman–Crippen LogP) is 7.94. The highest BCUT2D eigenvalue weighted by molar-refractivity contribution is 6.05. The summed E-state index contributed by atoms with van der Waals surface area (Å²) in [7, 11) is 0. The third-order valence-electron chi connectivity index (χ3n) is 12.5. The molecule has 0 atom stereocenters. The number of nitrogens with one attached hydrogen (secondary N) is 2. The van der Waals surface area contributed by atoms with Crippen LogP contribution in [0, 0.1) is 41.8 Å². The Morgan fingerprint density at radius 1 is 0.694 bits per heavy atom. The fraction of sp³-hybridized carbons (Fsp3) is 0.413. The summed E-state index contributed by atoms with van der Waals surface area (Å²) in [5.41, 5.74) is 13.1. The van der Waals surface area contributed by atoms with E-state index in [0.29, 0.717) is 55.6 Å². The molecule has 62 heavy (non-hydrogen) atoms. The van der Waals surface area contributed by atoms with Gasteiger partial charge in [-0.25, -0.2) is 31.1 Å². The van der Waals surface area contributed by atoms with Gasteiger partial charge < -0.3 is 36.8 Å². The normalized spacial score (nSPS) is 17.4. The van der Waals surface area contributed by atoms with Gasteiger partial charge in [0, 0.05) is 103 Å². The lowest BCUT2D eigenvalue weighted by atomic mass is 9.76. The lowest BCUT2D eigenvalue weighted by Gasteiger charge is -2.52. The van der Waals surface area contributed by atoms with Crippen LogP contribution in [0.3, 0.4) is 0 Å². The molecule has 0 aromatic heterocycles. The van der Waals surface area contributed by atoms with Crippen LogP contribution < -0.4 is 31.9 Å². The van der Waals surface area contributed by atoms with E-state index in [1.807, 2.05) is 6.92 Å². The number of hydrogen-bond donors (Lipinski definition) is 4. The van der Waals surface area contributed by atoms with E-state index in [4.69, 9.17) is 11.5 Å². The second-order valence-electron chi connectivity index (χ2n) is 16.2. The number of carbonyl (C=O) groups is 3. The average molecular weight is 866 g/mol. The van der Waals surface area contributed by atoms with Gasteiger partial charge in [-0.15, -0.1) is 0 Å². The van der Waals surface area contributed by atoms with Crippen molar-refractivity contribution >= 4 is 34.7 Å². The number of Topliss-reactive ketones (excluding diaryl/α,β-unsaturated/α-hetero) is 2. The number of piperidine rings is 2. The number of nitrogens with zero attached hydrogens (tertiary/aromatic N) is 3. The quantitative estimate of drug-likeness (QED) is 0.117. The van der Waals surface area contributed by atoms with Crippen molar-refractivity contribution in [1.29, 1.82) is 0 Å². The van der Waals surface area contributed by atoms with Gasteiger partial charge in [-0.1, -0.05) is 0 Å². The Balaban J connectivity index is 0.000000179. The van der Waals surface area contributed by atoms with Crippen LogP contribution >= 0.6 is 0 Å². The number of benzene rings is 4. The molecule has 2 amide bonds. The van der Waals surface area contributed by atoms with Crippen molar-refractivity contribution in [3.63, 3.8) is 0 Å². The molecule has 2 spiro atoms. The smallest absolute Gasteiger partial charge is 0.317 e. The van der Waals surface area contributed by atoms with E-state index in [2.05, 4.69) is 27.4 Å². The molecule has 0 saturated carbocycles. The summed E-state index contributed by atoms with van der Waals surface area (Å²) in [6.07, 6.45) is 3.94. The van der Waals surface area contributed by atoms with Crippen LogP contribution in [0.25, 0.3) is 0 Å². The third-order valence-corrected chi connectivity index (χ3v) is 12.5. The first-order chi connectivity index (χ1) is 29.5. The Kier molecular flexibility index (Phi) is 14.2. The SMILES string of the molecule is CCN1c2ccc(F)cc2C(=O)CC12CCN(C(=O)NCc1cc(C)c(F)cc1F)CC2.CCN1c2ccc(F)cc2C(=O)CC12CCNCC2.NCc1cc(N)c(F)cc1F. The largest absolute Gasteiger partial charge is 0.396 e. The molecule has 4 aromatic carbocycles. The third kappa shape index (κ3) is 9.55. The van der Waals surface area contributed by atoms with Gasteiger partial charge in [-0.3, -0.25) is 9.59 Å². The van der Waals surface area contributed by atoms with Crippen LogP contribution in [-0.2, 0) is 13.1 Å². The van der Waals surface area contributed by atoms with Crippen molar-refractivity contribution in [3.8, 4) is 0 Å². The fourth-order valence-corrected chi connectivity index (χ4v) is 9.25. The molecule has 0 radical (unpaired) electrons. The van der Waals surface area contributed by atoms with E-state index >= 15 is 0 Å². The van der Waals surface area contributed by atoms with Crippen LogP contribution in [0.1, 0.15) is 89.8 Å². The van der Waals surface area contributed by atoms with Gasteiger partial charge in [-0.2, -0.15) is 0 Å². The summed E-state index contributed by atoms with van der Waals surface area (Å²) in [6, 6.07) is 12.7. The van der Waals surface area contributed by atoms with E-state index in [1.165, 1.54) is 36.4 Å². The maximum atomic E-state index is 14.0. The zero-order chi connectivity index (χ0) is 44.9. The van der Waals surface area contributed by atoms with Crippen molar-refractivity contribution in [2.75, 3.05) is 54.8 Å². The maximum Gasteiger partial charge on any atom is 0.317 e. The average Bonchev–Trinajstić information content (AvgIpc) is 3.24. The summed E-state index contributed by atoms with van der Waals surface area (Å²) in [4.78, 5) is 43.9. The van der Waals surface area contributed by atoms with E-state index in [1.54, 1.807) is 24.0 Å².